The van der Waals surface area contributed by atoms with Gasteiger partial charge in [0.25, 0.3) is 0 Å². The molecule has 100 valence electrons. The van der Waals surface area contributed by atoms with E-state index in [0.29, 0.717) is 12.0 Å². The third-order valence-electron chi connectivity index (χ3n) is 3.32. The van der Waals surface area contributed by atoms with Crippen LogP contribution < -0.4 is 10.2 Å². The Morgan fingerprint density at radius 3 is 3.11 bits per heavy atom. The number of anilines is 1. The van der Waals surface area contributed by atoms with Crippen molar-refractivity contribution in [2.24, 2.45) is 5.92 Å². The van der Waals surface area contributed by atoms with Crippen LogP contribution >= 0.6 is 15.9 Å². The van der Waals surface area contributed by atoms with Crippen LogP contribution in [0.2, 0.25) is 0 Å². The van der Waals surface area contributed by atoms with Crippen molar-refractivity contribution in [2.75, 3.05) is 24.5 Å². The smallest absolute Gasteiger partial charge is 0.143 e. The number of nitrogens with zero attached hydrogens (tertiary/aromatic N) is 2. The third-order valence-corrected chi connectivity index (χ3v) is 3.94. The molecule has 2 heterocycles. The fourth-order valence-corrected chi connectivity index (χ4v) is 2.94. The third kappa shape index (κ3) is 3.45. The van der Waals surface area contributed by atoms with Crippen LogP contribution in [0.25, 0.3) is 0 Å². The normalized spacial score (nSPS) is 19.8. The van der Waals surface area contributed by atoms with Crippen LogP contribution in [0.1, 0.15) is 26.7 Å². The largest absolute Gasteiger partial charge is 0.351 e. The Hall–Kier alpha value is -0.610. The van der Waals surface area contributed by atoms with E-state index in [1.165, 1.54) is 12.8 Å². The number of pyridine rings is 1. The lowest BCUT2D eigenvalue weighted by atomic mass is 10.2. The molecule has 1 atom stereocenters. The molecular weight excluding hydrogens is 290 g/mol. The Morgan fingerprint density at radius 2 is 2.39 bits per heavy atom. The van der Waals surface area contributed by atoms with E-state index in [0.717, 1.165) is 29.9 Å². The molecule has 1 aliphatic rings. The van der Waals surface area contributed by atoms with E-state index in [1.807, 2.05) is 12.3 Å². The summed E-state index contributed by atoms with van der Waals surface area (Å²) in [6, 6.07) is 4.62. The van der Waals surface area contributed by atoms with Gasteiger partial charge in [-0.1, -0.05) is 13.8 Å². The predicted molar refractivity (Wildman–Crippen MR) is 80.0 cm³/mol. The number of nitrogens with one attached hydrogen (secondary N) is 1. The average molecular weight is 312 g/mol. The molecule has 1 fully saturated rings. The van der Waals surface area contributed by atoms with Crippen molar-refractivity contribution in [3.05, 3.63) is 22.8 Å². The van der Waals surface area contributed by atoms with Gasteiger partial charge in [0, 0.05) is 25.3 Å². The summed E-state index contributed by atoms with van der Waals surface area (Å²) in [5, 5.41) is 3.56. The van der Waals surface area contributed by atoms with Gasteiger partial charge in [0.2, 0.25) is 0 Å². The van der Waals surface area contributed by atoms with Crippen molar-refractivity contribution in [3.8, 4) is 0 Å². The summed E-state index contributed by atoms with van der Waals surface area (Å²) in [6.07, 6.45) is 4.39. The number of hydrogen-bond acceptors (Lipinski definition) is 3. The SMILES string of the molecule is CC(C)CNCC1CCCN1c1ncccc1Br. The number of aromatic nitrogens is 1. The molecule has 0 aromatic carbocycles. The zero-order valence-electron chi connectivity index (χ0n) is 11.2. The van der Waals surface area contributed by atoms with E-state index >= 15 is 0 Å². The Morgan fingerprint density at radius 1 is 1.56 bits per heavy atom. The summed E-state index contributed by atoms with van der Waals surface area (Å²) in [6.45, 7) is 7.75. The van der Waals surface area contributed by atoms with Crippen molar-refractivity contribution in [2.45, 2.75) is 32.7 Å². The quantitative estimate of drug-likeness (QED) is 0.906. The second-order valence-electron chi connectivity index (χ2n) is 5.35. The first-order valence-corrected chi connectivity index (χ1v) is 7.55. The highest BCUT2D eigenvalue weighted by Crippen LogP contribution is 2.29. The highest BCUT2D eigenvalue weighted by molar-refractivity contribution is 9.10. The molecular formula is C14H22BrN3. The van der Waals surface area contributed by atoms with Crippen molar-refractivity contribution in [1.29, 1.82) is 0 Å². The fraction of sp³-hybridized carbons (Fsp3) is 0.643. The van der Waals surface area contributed by atoms with Gasteiger partial charge in [-0.05, 0) is 53.4 Å². The van der Waals surface area contributed by atoms with E-state index in [1.54, 1.807) is 0 Å². The highest BCUT2D eigenvalue weighted by atomic mass is 79.9. The first-order chi connectivity index (χ1) is 8.68. The molecule has 1 unspecified atom stereocenters. The molecule has 0 bridgehead atoms. The van der Waals surface area contributed by atoms with E-state index in [2.05, 4.69) is 51.0 Å². The first kappa shape index (κ1) is 13.8. The molecule has 0 saturated carbocycles. The summed E-state index contributed by atoms with van der Waals surface area (Å²) in [5.74, 6) is 1.80. The number of rotatable bonds is 5. The second-order valence-corrected chi connectivity index (χ2v) is 6.20. The van der Waals surface area contributed by atoms with Crippen molar-refractivity contribution in [3.63, 3.8) is 0 Å². The van der Waals surface area contributed by atoms with Crippen LogP contribution in [0, 0.1) is 5.92 Å². The van der Waals surface area contributed by atoms with Crippen molar-refractivity contribution in [1.82, 2.24) is 10.3 Å². The van der Waals surface area contributed by atoms with Crippen LogP contribution in [-0.4, -0.2) is 30.7 Å². The lowest BCUT2D eigenvalue weighted by Crippen LogP contribution is -2.39. The molecule has 0 spiro atoms. The van der Waals surface area contributed by atoms with Crippen LogP contribution in [0.4, 0.5) is 5.82 Å². The molecule has 1 aromatic heterocycles. The van der Waals surface area contributed by atoms with E-state index in [-0.39, 0.29) is 0 Å². The molecule has 1 saturated heterocycles. The lowest BCUT2D eigenvalue weighted by Gasteiger charge is -2.27. The predicted octanol–water partition coefficient (Wildman–Crippen LogP) is 3.06. The minimum absolute atomic E-state index is 0.579. The minimum Gasteiger partial charge on any atom is -0.351 e. The molecule has 0 radical (unpaired) electrons. The maximum Gasteiger partial charge on any atom is 0.143 e. The molecule has 4 heteroatoms. The number of halogens is 1. The highest BCUT2D eigenvalue weighted by Gasteiger charge is 2.26. The van der Waals surface area contributed by atoms with Gasteiger partial charge in [-0.2, -0.15) is 0 Å². The average Bonchev–Trinajstić information content (AvgIpc) is 2.77. The molecule has 18 heavy (non-hydrogen) atoms. The number of hydrogen-bond donors (Lipinski definition) is 1. The monoisotopic (exact) mass is 311 g/mol. The lowest BCUT2D eigenvalue weighted by molar-refractivity contribution is 0.511. The molecule has 3 nitrogen and oxygen atoms in total. The molecule has 1 N–H and O–H groups in total. The van der Waals surface area contributed by atoms with Crippen molar-refractivity contribution < 1.29 is 0 Å². The van der Waals surface area contributed by atoms with Gasteiger partial charge in [-0.25, -0.2) is 4.98 Å². The minimum atomic E-state index is 0.579. The van der Waals surface area contributed by atoms with Gasteiger partial charge in [0.15, 0.2) is 0 Å². The van der Waals surface area contributed by atoms with E-state index < -0.39 is 0 Å². The van der Waals surface area contributed by atoms with E-state index in [4.69, 9.17) is 0 Å². The molecule has 1 aliphatic heterocycles. The summed E-state index contributed by atoms with van der Waals surface area (Å²) in [5.41, 5.74) is 0. The Bertz CT molecular complexity index is 381. The van der Waals surface area contributed by atoms with E-state index in [9.17, 15) is 0 Å². The van der Waals surface area contributed by atoms with Crippen LogP contribution in [0.3, 0.4) is 0 Å². The Labute approximate surface area is 118 Å². The molecule has 0 aliphatic carbocycles. The van der Waals surface area contributed by atoms with Gasteiger partial charge in [-0.3, -0.25) is 0 Å². The van der Waals surface area contributed by atoms with Gasteiger partial charge in [-0.15, -0.1) is 0 Å². The zero-order chi connectivity index (χ0) is 13.0. The van der Waals surface area contributed by atoms with Gasteiger partial charge >= 0.3 is 0 Å². The summed E-state index contributed by atoms with van der Waals surface area (Å²) >= 11 is 3.60. The maximum absolute atomic E-state index is 4.50. The maximum atomic E-state index is 4.50. The Kier molecular flexibility index (Phi) is 5.01. The van der Waals surface area contributed by atoms with Gasteiger partial charge in [0.05, 0.1) is 4.47 Å². The fourth-order valence-electron chi connectivity index (χ4n) is 2.45. The Balaban J connectivity index is 1.97. The summed E-state index contributed by atoms with van der Waals surface area (Å²) in [4.78, 5) is 6.93. The molecule has 0 amide bonds. The second kappa shape index (κ2) is 6.53. The standard InChI is InChI=1S/C14H22BrN3/c1-11(2)9-16-10-12-5-4-8-18(12)14-13(15)6-3-7-17-14/h3,6-7,11-12,16H,4-5,8-10H2,1-2H3. The van der Waals surface area contributed by atoms with Gasteiger partial charge in [0.1, 0.15) is 5.82 Å². The topological polar surface area (TPSA) is 28.2 Å². The first-order valence-electron chi connectivity index (χ1n) is 6.76. The van der Waals surface area contributed by atoms with Crippen LogP contribution in [0.5, 0.6) is 0 Å². The summed E-state index contributed by atoms with van der Waals surface area (Å²) < 4.78 is 1.10. The van der Waals surface area contributed by atoms with Crippen LogP contribution in [-0.2, 0) is 0 Å². The van der Waals surface area contributed by atoms with Crippen molar-refractivity contribution >= 4 is 21.7 Å². The molecule has 1 aromatic rings. The molecule has 2 rings (SSSR count). The van der Waals surface area contributed by atoms with Crippen LogP contribution in [0.15, 0.2) is 22.8 Å². The zero-order valence-corrected chi connectivity index (χ0v) is 12.8. The van der Waals surface area contributed by atoms with Gasteiger partial charge < -0.3 is 10.2 Å². The summed E-state index contributed by atoms with van der Waals surface area (Å²) in [7, 11) is 0.